The number of carbonyl (C=O) groups is 1. The molecule has 1 atom stereocenters. The van der Waals surface area contributed by atoms with E-state index in [1.807, 2.05) is 0 Å². The molecule has 8 heteroatoms. The number of nitriles is 1. The van der Waals surface area contributed by atoms with Gasteiger partial charge in [-0.2, -0.15) is 9.98 Å². The van der Waals surface area contributed by atoms with Crippen molar-refractivity contribution in [2.24, 2.45) is 0 Å². The smallest absolute Gasteiger partial charge is 0.241 e. The van der Waals surface area contributed by atoms with E-state index in [0.29, 0.717) is 13.1 Å². The molecule has 0 aromatic heterocycles. The summed E-state index contributed by atoms with van der Waals surface area (Å²) >= 11 is 0. The van der Waals surface area contributed by atoms with Gasteiger partial charge in [0.15, 0.2) is 0 Å². The van der Waals surface area contributed by atoms with Gasteiger partial charge in [0.05, 0.1) is 16.5 Å². The van der Waals surface area contributed by atoms with Crippen LogP contribution in [-0.4, -0.2) is 38.4 Å². The fourth-order valence-electron chi connectivity index (χ4n) is 2.50. The Labute approximate surface area is 135 Å². The predicted molar refractivity (Wildman–Crippen MR) is 81.3 cm³/mol. The molecule has 1 fully saturated rings. The molecular formula is C15H18FN3O3S. The number of nitrogens with one attached hydrogen (secondary N) is 1. The lowest BCUT2D eigenvalue weighted by atomic mass is 10.1. The zero-order valence-corrected chi connectivity index (χ0v) is 13.6. The molecule has 2 rings (SSSR count). The quantitative estimate of drug-likeness (QED) is 0.897. The molecule has 0 aliphatic carbocycles. The Morgan fingerprint density at radius 1 is 1.35 bits per heavy atom. The van der Waals surface area contributed by atoms with Gasteiger partial charge in [0.25, 0.3) is 0 Å². The lowest BCUT2D eigenvalue weighted by Gasteiger charge is -2.29. The van der Waals surface area contributed by atoms with Gasteiger partial charge in [0, 0.05) is 13.1 Å². The van der Waals surface area contributed by atoms with Gasteiger partial charge < -0.3 is 4.90 Å². The van der Waals surface area contributed by atoms with Gasteiger partial charge in [0.1, 0.15) is 11.9 Å². The number of likely N-dealkylation sites (tertiary alicyclic amines) is 1. The summed E-state index contributed by atoms with van der Waals surface area (Å²) in [7, 11) is -4.01. The maximum absolute atomic E-state index is 13.3. The van der Waals surface area contributed by atoms with Crippen LogP contribution in [0.1, 0.15) is 31.7 Å². The van der Waals surface area contributed by atoms with Gasteiger partial charge in [-0.3, -0.25) is 4.79 Å². The molecule has 1 aliphatic rings. The summed E-state index contributed by atoms with van der Waals surface area (Å²) in [5.74, 6) is -1.07. The minimum absolute atomic E-state index is 0.242. The van der Waals surface area contributed by atoms with Crippen LogP contribution in [-0.2, 0) is 14.8 Å². The lowest BCUT2D eigenvalue weighted by molar-refractivity contribution is -0.133. The number of rotatable bonds is 4. The Hall–Kier alpha value is -1.98. The molecule has 0 spiro atoms. The molecule has 0 bridgehead atoms. The summed E-state index contributed by atoms with van der Waals surface area (Å²) in [5, 5.41) is 8.78. The lowest BCUT2D eigenvalue weighted by Crippen LogP contribution is -2.48. The second-order valence-corrected chi connectivity index (χ2v) is 7.20. The van der Waals surface area contributed by atoms with Crippen LogP contribution in [0.3, 0.4) is 0 Å². The molecule has 6 nitrogen and oxygen atoms in total. The van der Waals surface area contributed by atoms with E-state index in [4.69, 9.17) is 5.26 Å². The molecule has 0 unspecified atom stereocenters. The highest BCUT2D eigenvalue weighted by Crippen LogP contribution is 2.16. The average molecular weight is 339 g/mol. The number of sulfonamides is 1. The maximum atomic E-state index is 13.3. The van der Waals surface area contributed by atoms with Gasteiger partial charge in [-0.05, 0) is 44.4 Å². The molecule has 124 valence electrons. The number of halogens is 1. The first kappa shape index (κ1) is 17.4. The van der Waals surface area contributed by atoms with E-state index >= 15 is 0 Å². The van der Waals surface area contributed by atoms with Crippen LogP contribution in [0.25, 0.3) is 0 Å². The molecular weight excluding hydrogens is 321 g/mol. The third-order valence-electron chi connectivity index (χ3n) is 3.74. The third-order valence-corrected chi connectivity index (χ3v) is 5.28. The monoisotopic (exact) mass is 339 g/mol. The molecule has 1 aromatic rings. The van der Waals surface area contributed by atoms with Crippen LogP contribution in [0, 0.1) is 17.1 Å². The highest BCUT2D eigenvalue weighted by Gasteiger charge is 2.27. The fourth-order valence-corrected chi connectivity index (χ4v) is 3.72. The Kier molecular flexibility index (Phi) is 5.34. The summed E-state index contributed by atoms with van der Waals surface area (Å²) in [6, 6.07) is 3.61. The standard InChI is InChI=1S/C15H18FN3O3S/c1-11(15(20)19-7-3-2-4-8-19)18-23(21,22)13-5-6-14(16)12(9-13)10-17/h5-6,9,11,18H,2-4,7-8H2,1H3/t11-/m1/s1. The number of piperidine rings is 1. The third kappa shape index (κ3) is 4.06. The number of hydrogen-bond donors (Lipinski definition) is 1. The second kappa shape index (κ2) is 7.06. The molecule has 1 heterocycles. The largest absolute Gasteiger partial charge is 0.341 e. The van der Waals surface area contributed by atoms with E-state index in [9.17, 15) is 17.6 Å². The molecule has 1 aromatic carbocycles. The van der Waals surface area contributed by atoms with Gasteiger partial charge in [0.2, 0.25) is 15.9 Å². The van der Waals surface area contributed by atoms with Gasteiger partial charge >= 0.3 is 0 Å². The fraction of sp³-hybridized carbons (Fsp3) is 0.467. The molecule has 0 saturated carbocycles. The number of amides is 1. The van der Waals surface area contributed by atoms with Crippen molar-refractivity contribution in [1.29, 1.82) is 5.26 Å². The highest BCUT2D eigenvalue weighted by molar-refractivity contribution is 7.89. The average Bonchev–Trinajstić information content (AvgIpc) is 2.54. The van der Waals surface area contributed by atoms with E-state index in [2.05, 4.69) is 4.72 Å². The first-order valence-electron chi connectivity index (χ1n) is 7.36. The Morgan fingerprint density at radius 3 is 2.61 bits per heavy atom. The SMILES string of the molecule is C[C@@H](NS(=O)(=O)c1ccc(F)c(C#N)c1)C(=O)N1CCCCC1. The first-order chi connectivity index (χ1) is 10.8. The van der Waals surface area contributed by atoms with E-state index in [1.54, 1.807) is 11.0 Å². The van der Waals surface area contributed by atoms with Crippen molar-refractivity contribution in [2.75, 3.05) is 13.1 Å². The van der Waals surface area contributed by atoms with Crippen molar-refractivity contribution in [3.05, 3.63) is 29.6 Å². The summed E-state index contributed by atoms with van der Waals surface area (Å²) in [6.45, 7) is 2.73. The van der Waals surface area contributed by atoms with Crippen molar-refractivity contribution < 1.29 is 17.6 Å². The zero-order chi connectivity index (χ0) is 17.0. The van der Waals surface area contributed by atoms with Crippen molar-refractivity contribution in [3.8, 4) is 6.07 Å². The first-order valence-corrected chi connectivity index (χ1v) is 8.84. The van der Waals surface area contributed by atoms with Crippen molar-refractivity contribution in [3.63, 3.8) is 0 Å². The summed E-state index contributed by atoms with van der Waals surface area (Å²) < 4.78 is 40.2. The molecule has 1 amide bonds. The Morgan fingerprint density at radius 2 is 2.00 bits per heavy atom. The number of hydrogen-bond acceptors (Lipinski definition) is 4. The van der Waals surface area contributed by atoms with Crippen molar-refractivity contribution >= 4 is 15.9 Å². The van der Waals surface area contributed by atoms with Crippen LogP contribution < -0.4 is 4.72 Å². The topological polar surface area (TPSA) is 90.3 Å². The van der Waals surface area contributed by atoms with E-state index in [-0.39, 0.29) is 16.4 Å². The van der Waals surface area contributed by atoms with Crippen LogP contribution in [0.5, 0.6) is 0 Å². The molecule has 0 radical (unpaired) electrons. The normalized spacial score (nSPS) is 16.7. The molecule has 1 N–H and O–H groups in total. The summed E-state index contributed by atoms with van der Waals surface area (Å²) in [4.78, 5) is 13.7. The summed E-state index contributed by atoms with van der Waals surface area (Å²) in [6.07, 6.45) is 2.89. The van der Waals surface area contributed by atoms with Gasteiger partial charge in [-0.25, -0.2) is 12.8 Å². The Balaban J connectivity index is 2.14. The zero-order valence-electron chi connectivity index (χ0n) is 12.8. The van der Waals surface area contributed by atoms with Gasteiger partial charge in [-0.15, -0.1) is 0 Å². The van der Waals surface area contributed by atoms with E-state index < -0.39 is 21.9 Å². The van der Waals surface area contributed by atoms with Crippen molar-refractivity contribution in [1.82, 2.24) is 9.62 Å². The van der Waals surface area contributed by atoms with E-state index in [0.717, 1.165) is 37.5 Å². The van der Waals surface area contributed by atoms with Crippen molar-refractivity contribution in [2.45, 2.75) is 37.1 Å². The molecule has 1 saturated heterocycles. The number of nitrogens with zero attached hydrogens (tertiary/aromatic N) is 2. The van der Waals surface area contributed by atoms with E-state index in [1.165, 1.54) is 6.92 Å². The van der Waals surface area contributed by atoms with Gasteiger partial charge in [-0.1, -0.05) is 0 Å². The Bertz CT molecular complexity index is 737. The van der Waals surface area contributed by atoms with Crippen LogP contribution in [0.2, 0.25) is 0 Å². The van der Waals surface area contributed by atoms with Crippen LogP contribution in [0.4, 0.5) is 4.39 Å². The van der Waals surface area contributed by atoms with Crippen LogP contribution in [0.15, 0.2) is 23.1 Å². The minimum Gasteiger partial charge on any atom is -0.341 e. The second-order valence-electron chi connectivity index (χ2n) is 5.48. The minimum atomic E-state index is -4.01. The summed E-state index contributed by atoms with van der Waals surface area (Å²) in [5.41, 5.74) is -0.358. The molecule has 1 aliphatic heterocycles. The maximum Gasteiger partial charge on any atom is 0.241 e. The highest BCUT2D eigenvalue weighted by atomic mass is 32.2. The predicted octanol–water partition coefficient (Wildman–Crippen LogP) is 1.38. The number of carbonyl (C=O) groups excluding carboxylic acids is 1. The molecule has 23 heavy (non-hydrogen) atoms. The van der Waals surface area contributed by atoms with Crippen LogP contribution >= 0.6 is 0 Å². The number of benzene rings is 1.